The molecule has 1 aromatic heterocycles. The molecule has 3 aromatic rings. The van der Waals surface area contributed by atoms with E-state index in [1.165, 1.54) is 5.56 Å². The highest BCUT2D eigenvalue weighted by Gasteiger charge is 2.16. The number of anilines is 1. The lowest BCUT2D eigenvalue weighted by Crippen LogP contribution is -2.28. The number of aromatic nitrogens is 1. The van der Waals surface area contributed by atoms with Gasteiger partial charge in [0.05, 0.1) is 5.52 Å². The fourth-order valence-corrected chi connectivity index (χ4v) is 3.23. The summed E-state index contributed by atoms with van der Waals surface area (Å²) in [7, 11) is 0. The Labute approximate surface area is 153 Å². The maximum atomic E-state index is 5.50. The van der Waals surface area contributed by atoms with Gasteiger partial charge in [-0.2, -0.15) is 0 Å². The van der Waals surface area contributed by atoms with Crippen LogP contribution in [0.1, 0.15) is 12.5 Å². The normalized spacial score (nSPS) is 12.7. The zero-order valence-electron chi connectivity index (χ0n) is 14.9. The number of rotatable bonds is 7. The van der Waals surface area contributed by atoms with E-state index in [0.29, 0.717) is 0 Å². The van der Waals surface area contributed by atoms with Gasteiger partial charge in [-0.15, -0.1) is 0 Å². The van der Waals surface area contributed by atoms with E-state index in [4.69, 9.17) is 9.47 Å². The number of nitrogens with zero attached hydrogens (tertiary/aromatic N) is 2. The molecule has 134 valence electrons. The molecule has 2 heterocycles. The smallest absolute Gasteiger partial charge is 0.231 e. The van der Waals surface area contributed by atoms with Crippen LogP contribution in [0.25, 0.3) is 10.9 Å². The molecule has 0 unspecified atom stereocenters. The van der Waals surface area contributed by atoms with Crippen LogP contribution in [0.15, 0.2) is 54.7 Å². The van der Waals surface area contributed by atoms with Gasteiger partial charge < -0.3 is 14.8 Å². The van der Waals surface area contributed by atoms with Crippen molar-refractivity contribution < 1.29 is 9.47 Å². The highest BCUT2D eigenvalue weighted by molar-refractivity contribution is 5.93. The summed E-state index contributed by atoms with van der Waals surface area (Å²) in [6, 6.07) is 16.6. The molecule has 0 radical (unpaired) electrons. The van der Waals surface area contributed by atoms with Gasteiger partial charge in [0.2, 0.25) is 6.79 Å². The van der Waals surface area contributed by atoms with Crippen LogP contribution in [0.4, 0.5) is 5.69 Å². The van der Waals surface area contributed by atoms with Crippen LogP contribution >= 0.6 is 0 Å². The summed E-state index contributed by atoms with van der Waals surface area (Å²) in [5, 5.41) is 4.61. The van der Waals surface area contributed by atoms with Gasteiger partial charge in [0.25, 0.3) is 0 Å². The van der Waals surface area contributed by atoms with Crippen molar-refractivity contribution in [3.05, 3.63) is 60.3 Å². The summed E-state index contributed by atoms with van der Waals surface area (Å²) >= 11 is 0. The van der Waals surface area contributed by atoms with Crippen molar-refractivity contribution in [1.29, 1.82) is 0 Å². The lowest BCUT2D eigenvalue weighted by molar-refractivity contribution is 0.174. The second kappa shape index (κ2) is 7.62. The monoisotopic (exact) mass is 349 g/mol. The number of fused-ring (bicyclic) bond motifs is 2. The summed E-state index contributed by atoms with van der Waals surface area (Å²) in [4.78, 5) is 6.88. The number of benzene rings is 2. The molecule has 26 heavy (non-hydrogen) atoms. The standard InChI is InChI=1S/C21H23N3O2/c1-2-24(14-16-6-4-3-5-7-16)11-10-23-18-8-9-22-19-13-21-20(12-17(18)19)25-15-26-21/h3-9,12-13H,2,10-11,14-15H2,1H3,(H,22,23). The Hall–Kier alpha value is -2.79. The van der Waals surface area contributed by atoms with E-state index in [-0.39, 0.29) is 6.79 Å². The minimum atomic E-state index is 0.277. The molecule has 0 atom stereocenters. The van der Waals surface area contributed by atoms with E-state index in [2.05, 4.69) is 52.5 Å². The van der Waals surface area contributed by atoms with Crippen molar-refractivity contribution >= 4 is 16.6 Å². The summed E-state index contributed by atoms with van der Waals surface area (Å²) in [6.45, 7) is 6.31. The Morgan fingerprint density at radius 2 is 1.88 bits per heavy atom. The second-order valence-electron chi connectivity index (χ2n) is 6.36. The molecule has 4 rings (SSSR count). The molecule has 0 saturated heterocycles. The van der Waals surface area contributed by atoms with Gasteiger partial charge in [-0.1, -0.05) is 37.3 Å². The van der Waals surface area contributed by atoms with Crippen molar-refractivity contribution in [3.8, 4) is 11.5 Å². The van der Waals surface area contributed by atoms with Crippen LogP contribution in [0.5, 0.6) is 11.5 Å². The van der Waals surface area contributed by atoms with E-state index < -0.39 is 0 Å². The van der Waals surface area contributed by atoms with E-state index in [9.17, 15) is 0 Å². The molecule has 2 aromatic carbocycles. The topological polar surface area (TPSA) is 46.6 Å². The molecule has 5 heteroatoms. The molecule has 1 aliphatic rings. The predicted octanol–water partition coefficient (Wildman–Crippen LogP) is 3.90. The largest absolute Gasteiger partial charge is 0.454 e. The summed E-state index contributed by atoms with van der Waals surface area (Å²) in [5.41, 5.74) is 3.33. The lowest BCUT2D eigenvalue weighted by atomic mass is 10.1. The van der Waals surface area contributed by atoms with Gasteiger partial charge in [-0.3, -0.25) is 9.88 Å². The first-order chi connectivity index (χ1) is 12.8. The Morgan fingerprint density at radius 1 is 1.08 bits per heavy atom. The first-order valence-electron chi connectivity index (χ1n) is 9.02. The van der Waals surface area contributed by atoms with Crippen LogP contribution in [0.2, 0.25) is 0 Å². The maximum Gasteiger partial charge on any atom is 0.231 e. The fraction of sp³-hybridized carbons (Fsp3) is 0.286. The Morgan fingerprint density at radius 3 is 2.69 bits per heavy atom. The molecule has 0 saturated carbocycles. The Balaban J connectivity index is 1.42. The van der Waals surface area contributed by atoms with Gasteiger partial charge >= 0.3 is 0 Å². The van der Waals surface area contributed by atoms with Crippen molar-refractivity contribution in [2.45, 2.75) is 13.5 Å². The van der Waals surface area contributed by atoms with Gasteiger partial charge in [0.1, 0.15) is 0 Å². The molecule has 5 nitrogen and oxygen atoms in total. The van der Waals surface area contributed by atoms with Crippen molar-refractivity contribution in [2.24, 2.45) is 0 Å². The van der Waals surface area contributed by atoms with Crippen molar-refractivity contribution in [3.63, 3.8) is 0 Å². The summed E-state index contributed by atoms with van der Waals surface area (Å²) in [6.07, 6.45) is 1.83. The van der Waals surface area contributed by atoms with Crippen LogP contribution in [-0.2, 0) is 6.54 Å². The van der Waals surface area contributed by atoms with Crippen LogP contribution in [-0.4, -0.2) is 36.3 Å². The SMILES string of the molecule is CCN(CCNc1ccnc2cc3c(cc12)OCO3)Cc1ccccc1. The third-order valence-corrected chi connectivity index (χ3v) is 4.68. The molecule has 1 N–H and O–H groups in total. The summed E-state index contributed by atoms with van der Waals surface area (Å²) < 4.78 is 10.9. The third kappa shape index (κ3) is 3.58. The number of ether oxygens (including phenoxy) is 2. The highest BCUT2D eigenvalue weighted by atomic mass is 16.7. The first kappa shape index (κ1) is 16.7. The molecule has 0 fully saturated rings. The highest BCUT2D eigenvalue weighted by Crippen LogP contribution is 2.37. The molecule has 0 amide bonds. The van der Waals surface area contributed by atoms with Crippen LogP contribution in [0.3, 0.4) is 0 Å². The Kier molecular flexibility index (Phi) is 4.88. The summed E-state index contributed by atoms with van der Waals surface area (Å²) in [5.74, 6) is 1.55. The molecular formula is C21H23N3O2. The van der Waals surface area contributed by atoms with E-state index >= 15 is 0 Å². The van der Waals surface area contributed by atoms with Gasteiger partial charge in [-0.25, -0.2) is 0 Å². The van der Waals surface area contributed by atoms with Crippen LogP contribution in [0, 0.1) is 0 Å². The predicted molar refractivity (Wildman–Crippen MR) is 104 cm³/mol. The zero-order chi connectivity index (χ0) is 17.8. The number of hydrogen-bond acceptors (Lipinski definition) is 5. The fourth-order valence-electron chi connectivity index (χ4n) is 3.23. The molecule has 1 aliphatic heterocycles. The minimum absolute atomic E-state index is 0.277. The number of hydrogen-bond donors (Lipinski definition) is 1. The zero-order valence-corrected chi connectivity index (χ0v) is 14.9. The number of likely N-dealkylation sites (N-methyl/N-ethyl adjacent to an activating group) is 1. The maximum absolute atomic E-state index is 5.50. The third-order valence-electron chi connectivity index (χ3n) is 4.68. The molecule has 0 spiro atoms. The van der Waals surface area contributed by atoms with Gasteiger partial charge in [0.15, 0.2) is 11.5 Å². The van der Waals surface area contributed by atoms with E-state index in [0.717, 1.165) is 54.3 Å². The molecule has 0 aliphatic carbocycles. The minimum Gasteiger partial charge on any atom is -0.454 e. The molecular weight excluding hydrogens is 326 g/mol. The second-order valence-corrected chi connectivity index (χ2v) is 6.36. The molecule has 0 bridgehead atoms. The van der Waals surface area contributed by atoms with Gasteiger partial charge in [0, 0.05) is 43.0 Å². The quantitative estimate of drug-likeness (QED) is 0.701. The number of pyridine rings is 1. The van der Waals surface area contributed by atoms with E-state index in [1.54, 1.807) is 0 Å². The van der Waals surface area contributed by atoms with Crippen LogP contribution < -0.4 is 14.8 Å². The first-order valence-corrected chi connectivity index (χ1v) is 9.02. The Bertz CT molecular complexity index is 883. The van der Waals surface area contributed by atoms with Crippen molar-refractivity contribution in [2.75, 3.05) is 31.7 Å². The van der Waals surface area contributed by atoms with Gasteiger partial charge in [-0.05, 0) is 24.2 Å². The van der Waals surface area contributed by atoms with E-state index in [1.807, 2.05) is 24.4 Å². The lowest BCUT2D eigenvalue weighted by Gasteiger charge is -2.21. The average Bonchev–Trinajstić information content (AvgIpc) is 3.14. The van der Waals surface area contributed by atoms with Crippen molar-refractivity contribution in [1.82, 2.24) is 9.88 Å². The average molecular weight is 349 g/mol. The number of nitrogens with one attached hydrogen (secondary N) is 1.